The third kappa shape index (κ3) is 8.34. The van der Waals surface area contributed by atoms with E-state index in [4.69, 9.17) is 14.2 Å². The average molecular weight is 651 g/mol. The highest BCUT2D eigenvalue weighted by atomic mass is 32.1. The Labute approximate surface area is 278 Å². The molecule has 2 amide bonds. The Bertz CT molecular complexity index is 1730. The van der Waals surface area contributed by atoms with E-state index in [0.29, 0.717) is 25.3 Å². The van der Waals surface area contributed by atoms with Gasteiger partial charge < -0.3 is 30.2 Å². The number of amides is 2. The quantitative estimate of drug-likeness (QED) is 0.148. The van der Waals surface area contributed by atoms with Crippen LogP contribution in [-0.4, -0.2) is 62.0 Å². The molecule has 0 spiro atoms. The molecular formula is C37H38N4O5S. The van der Waals surface area contributed by atoms with Crippen LogP contribution in [0.15, 0.2) is 109 Å². The number of alkyl carbamates (subject to hydrolysis) is 1. The lowest BCUT2D eigenvalue weighted by Gasteiger charge is -2.31. The number of carbonyl (C=O) groups excluding carboxylic acids is 2. The van der Waals surface area contributed by atoms with Gasteiger partial charge in [0.05, 0.1) is 28.9 Å². The second-order valence-electron chi connectivity index (χ2n) is 11.4. The molecular weight excluding hydrogens is 612 g/mol. The van der Waals surface area contributed by atoms with Crippen LogP contribution in [0.1, 0.15) is 29.0 Å². The number of hydrogen-bond acceptors (Lipinski definition) is 8. The smallest absolute Gasteiger partial charge is 0.407 e. The zero-order valence-corrected chi connectivity index (χ0v) is 27.0. The van der Waals surface area contributed by atoms with Crippen LogP contribution in [0.25, 0.3) is 10.2 Å². The van der Waals surface area contributed by atoms with Crippen molar-refractivity contribution in [1.29, 1.82) is 0 Å². The molecule has 10 heteroatoms. The standard InChI is InChI=1S/C37H38N4O5S/c1-44-37(43)41-35(34(26-11-4-2-5-12-26)27-13-6-3-7-14-27)36(42)40-31-15-9-8-10-25(31)16-17-29-21-38-22-30(46-29)23-45-28-18-19-32-33(20-28)47-24-39-32/h2-15,18-20,24,29-30,34-35,38H,16-17,21-23H2,1H3,(H,40,42)(H,41,43)/t29-,30+,35?/m1/s1. The molecule has 1 fully saturated rings. The molecule has 9 nitrogen and oxygen atoms in total. The Morgan fingerprint density at radius 1 is 0.936 bits per heavy atom. The van der Waals surface area contributed by atoms with Gasteiger partial charge in [-0.25, -0.2) is 9.78 Å². The van der Waals surface area contributed by atoms with Crippen LogP contribution in [-0.2, 0) is 20.7 Å². The van der Waals surface area contributed by atoms with Crippen molar-refractivity contribution in [1.82, 2.24) is 15.6 Å². The van der Waals surface area contributed by atoms with E-state index in [1.54, 1.807) is 11.3 Å². The van der Waals surface area contributed by atoms with Gasteiger partial charge in [0.1, 0.15) is 24.5 Å². The summed E-state index contributed by atoms with van der Waals surface area (Å²) in [6, 6.07) is 32.1. The fourth-order valence-corrected chi connectivity index (χ4v) is 6.63. The van der Waals surface area contributed by atoms with Gasteiger partial charge in [0.2, 0.25) is 5.91 Å². The molecule has 4 aromatic carbocycles. The Kier molecular flexibility index (Phi) is 10.7. The monoisotopic (exact) mass is 650 g/mol. The Morgan fingerprint density at radius 3 is 2.38 bits per heavy atom. The number of para-hydroxylation sites is 1. The van der Waals surface area contributed by atoms with Gasteiger partial charge in [0, 0.05) is 24.7 Å². The zero-order valence-electron chi connectivity index (χ0n) is 26.1. The summed E-state index contributed by atoms with van der Waals surface area (Å²) in [6.45, 7) is 1.89. The molecule has 1 saturated heterocycles. The van der Waals surface area contributed by atoms with Gasteiger partial charge in [-0.15, -0.1) is 11.3 Å². The van der Waals surface area contributed by atoms with Crippen LogP contribution in [0.3, 0.4) is 0 Å². The Morgan fingerprint density at radius 2 is 1.64 bits per heavy atom. The number of nitrogens with one attached hydrogen (secondary N) is 3. The maximum atomic E-state index is 14.1. The Balaban J connectivity index is 1.12. The molecule has 0 saturated carbocycles. The molecule has 3 atom stereocenters. The summed E-state index contributed by atoms with van der Waals surface area (Å²) in [4.78, 5) is 30.9. The van der Waals surface area contributed by atoms with Crippen LogP contribution in [0.5, 0.6) is 5.75 Å². The second-order valence-corrected chi connectivity index (χ2v) is 12.3. The lowest BCUT2D eigenvalue weighted by Crippen LogP contribution is -2.48. The van der Waals surface area contributed by atoms with Gasteiger partial charge in [-0.1, -0.05) is 78.9 Å². The molecule has 0 aliphatic carbocycles. The maximum Gasteiger partial charge on any atom is 0.407 e. The number of benzene rings is 4. The number of morpholine rings is 1. The molecule has 1 aliphatic rings. The number of hydrogen-bond donors (Lipinski definition) is 3. The fraction of sp³-hybridized carbons (Fsp3) is 0.270. The van der Waals surface area contributed by atoms with Crippen LogP contribution in [0.2, 0.25) is 0 Å². The molecule has 6 rings (SSSR count). The summed E-state index contributed by atoms with van der Waals surface area (Å²) in [6.07, 6.45) is 0.663. The number of rotatable bonds is 12. The van der Waals surface area contributed by atoms with Gasteiger partial charge in [0.25, 0.3) is 0 Å². The zero-order chi connectivity index (χ0) is 32.4. The normalized spacial score (nSPS) is 16.8. The molecule has 5 aromatic rings. The van der Waals surface area contributed by atoms with Gasteiger partial charge >= 0.3 is 6.09 Å². The lowest BCUT2D eigenvalue weighted by atomic mass is 9.84. The summed E-state index contributed by atoms with van der Waals surface area (Å²) in [5.74, 6) is 0.0113. The van der Waals surface area contributed by atoms with Crippen molar-refractivity contribution in [2.45, 2.75) is 37.0 Å². The molecule has 0 radical (unpaired) electrons. The fourth-order valence-electron chi connectivity index (χ4n) is 5.93. The first kappa shape index (κ1) is 32.2. The Hall–Kier alpha value is -4.77. The number of thiazole rings is 1. The minimum atomic E-state index is -0.941. The molecule has 2 heterocycles. The summed E-state index contributed by atoms with van der Waals surface area (Å²) in [5.41, 5.74) is 6.27. The lowest BCUT2D eigenvalue weighted by molar-refractivity contribution is -0.118. The highest BCUT2D eigenvalue weighted by molar-refractivity contribution is 7.16. The number of aryl methyl sites for hydroxylation is 1. The molecule has 1 aliphatic heterocycles. The van der Waals surface area contributed by atoms with Crippen molar-refractivity contribution < 1.29 is 23.8 Å². The van der Waals surface area contributed by atoms with Crippen molar-refractivity contribution in [2.75, 3.05) is 32.1 Å². The third-order valence-corrected chi connectivity index (χ3v) is 9.06. The van der Waals surface area contributed by atoms with E-state index in [0.717, 1.165) is 45.6 Å². The van der Waals surface area contributed by atoms with E-state index in [9.17, 15) is 9.59 Å². The maximum absolute atomic E-state index is 14.1. The van der Waals surface area contributed by atoms with Crippen LogP contribution < -0.4 is 20.7 Å². The first-order valence-electron chi connectivity index (χ1n) is 15.7. The van der Waals surface area contributed by atoms with Gasteiger partial charge in [-0.3, -0.25) is 4.79 Å². The highest BCUT2D eigenvalue weighted by Crippen LogP contribution is 2.30. The van der Waals surface area contributed by atoms with E-state index in [1.807, 2.05) is 109 Å². The molecule has 1 unspecified atom stereocenters. The van der Waals surface area contributed by atoms with Crippen molar-refractivity contribution in [3.63, 3.8) is 0 Å². The van der Waals surface area contributed by atoms with Gasteiger partial charge in [0.15, 0.2) is 0 Å². The van der Waals surface area contributed by atoms with Crippen LogP contribution in [0.4, 0.5) is 10.5 Å². The van der Waals surface area contributed by atoms with Crippen molar-refractivity contribution >= 4 is 39.2 Å². The molecule has 47 heavy (non-hydrogen) atoms. The summed E-state index contributed by atoms with van der Waals surface area (Å²) in [5, 5.41) is 9.40. The van der Waals surface area contributed by atoms with E-state index < -0.39 is 18.1 Å². The van der Waals surface area contributed by atoms with Gasteiger partial charge in [-0.2, -0.15) is 0 Å². The van der Waals surface area contributed by atoms with E-state index in [1.165, 1.54) is 7.11 Å². The number of fused-ring (bicyclic) bond motifs is 1. The molecule has 1 aromatic heterocycles. The van der Waals surface area contributed by atoms with Gasteiger partial charge in [-0.05, 0) is 53.8 Å². The number of aromatic nitrogens is 1. The highest BCUT2D eigenvalue weighted by Gasteiger charge is 2.33. The summed E-state index contributed by atoms with van der Waals surface area (Å²) in [7, 11) is 1.29. The second kappa shape index (κ2) is 15.7. The summed E-state index contributed by atoms with van der Waals surface area (Å²) < 4.78 is 18.5. The third-order valence-electron chi connectivity index (χ3n) is 8.27. The average Bonchev–Trinajstić information content (AvgIpc) is 3.59. The van der Waals surface area contributed by atoms with Crippen LogP contribution >= 0.6 is 11.3 Å². The van der Waals surface area contributed by atoms with E-state index >= 15 is 0 Å². The molecule has 242 valence electrons. The first-order valence-corrected chi connectivity index (χ1v) is 16.6. The molecule has 3 N–H and O–H groups in total. The minimum absolute atomic E-state index is 0.0145. The predicted molar refractivity (Wildman–Crippen MR) is 184 cm³/mol. The van der Waals surface area contributed by atoms with Crippen LogP contribution in [0, 0.1) is 0 Å². The number of nitrogens with zero attached hydrogens (tertiary/aromatic N) is 1. The summed E-state index contributed by atoms with van der Waals surface area (Å²) >= 11 is 1.59. The van der Waals surface area contributed by atoms with E-state index in [2.05, 4.69) is 20.9 Å². The first-order chi connectivity index (χ1) is 23.1. The van der Waals surface area contributed by atoms with Crippen molar-refractivity contribution in [3.05, 3.63) is 125 Å². The number of anilines is 1. The largest absolute Gasteiger partial charge is 0.491 e. The topological polar surface area (TPSA) is 111 Å². The van der Waals surface area contributed by atoms with Crippen molar-refractivity contribution in [3.8, 4) is 5.75 Å². The van der Waals surface area contributed by atoms with E-state index in [-0.39, 0.29) is 18.1 Å². The number of carbonyl (C=O) groups is 2. The molecule has 0 bridgehead atoms. The number of methoxy groups -OCH3 is 1. The minimum Gasteiger partial charge on any atom is -0.491 e. The SMILES string of the molecule is COC(=O)NC(C(=O)Nc1ccccc1CC[C@@H]1CNC[C@@H](COc2ccc3ncsc3c2)O1)C(c1ccccc1)c1ccccc1. The predicted octanol–water partition coefficient (Wildman–Crippen LogP) is 6.16. The number of ether oxygens (including phenoxy) is 3. The van der Waals surface area contributed by atoms with Crippen molar-refractivity contribution in [2.24, 2.45) is 0 Å².